The van der Waals surface area contributed by atoms with E-state index in [0.717, 1.165) is 11.1 Å². The lowest BCUT2D eigenvalue weighted by molar-refractivity contribution is 0.0366. The van der Waals surface area contributed by atoms with Gasteiger partial charge in [0, 0.05) is 5.02 Å². The third-order valence-corrected chi connectivity index (χ3v) is 3.46. The number of carbonyl (C=O) groups is 1. The van der Waals surface area contributed by atoms with E-state index in [1.165, 1.54) is 0 Å². The van der Waals surface area contributed by atoms with Gasteiger partial charge in [-0.15, -0.1) is 0 Å². The maximum Gasteiger partial charge on any atom is 0.365 e. The van der Waals surface area contributed by atoms with Crippen LogP contribution in [0.1, 0.15) is 27.7 Å². The summed E-state index contributed by atoms with van der Waals surface area (Å²) in [6, 6.07) is 16.3. The summed E-state index contributed by atoms with van der Waals surface area (Å²) in [4.78, 5) is 12.3. The number of nitrogens with zero attached hydrogens (tertiary/aromatic N) is 2. The highest BCUT2D eigenvalue weighted by molar-refractivity contribution is 6.30. The molecule has 1 aromatic heterocycles. The van der Waals surface area contributed by atoms with Crippen LogP contribution < -0.4 is 5.73 Å². The zero-order chi connectivity index (χ0) is 16.2. The van der Waals surface area contributed by atoms with Crippen molar-refractivity contribution in [1.82, 2.24) is 10.3 Å². The second-order valence-electron chi connectivity index (χ2n) is 4.75. The van der Waals surface area contributed by atoms with E-state index in [0.29, 0.717) is 5.02 Å². The Hall–Kier alpha value is -2.86. The Morgan fingerprint density at radius 3 is 2.30 bits per heavy atom. The van der Waals surface area contributed by atoms with E-state index in [1.54, 1.807) is 24.3 Å². The van der Waals surface area contributed by atoms with Crippen LogP contribution >= 0.6 is 11.6 Å². The molecule has 23 heavy (non-hydrogen) atoms. The van der Waals surface area contributed by atoms with Gasteiger partial charge in [0.05, 0.1) is 0 Å². The summed E-state index contributed by atoms with van der Waals surface area (Å²) in [7, 11) is 0. The molecule has 1 atom stereocenters. The van der Waals surface area contributed by atoms with Crippen LogP contribution in [-0.4, -0.2) is 16.3 Å². The Balaban J connectivity index is 1.94. The van der Waals surface area contributed by atoms with Crippen LogP contribution in [0.2, 0.25) is 5.02 Å². The van der Waals surface area contributed by atoms with Gasteiger partial charge in [0.15, 0.2) is 6.10 Å². The molecular weight excluding hydrogens is 318 g/mol. The minimum atomic E-state index is -0.715. The molecule has 2 N–H and O–H groups in total. The van der Waals surface area contributed by atoms with Crippen molar-refractivity contribution >= 4 is 23.4 Å². The molecular formula is C16H12ClN3O3. The van der Waals surface area contributed by atoms with Gasteiger partial charge in [-0.05, 0) is 33.6 Å². The largest absolute Gasteiger partial charge is 0.448 e. The molecule has 1 heterocycles. The number of carbonyl (C=O) groups excluding carboxylic acids is 1. The lowest BCUT2D eigenvalue weighted by atomic mass is 10.0. The topological polar surface area (TPSA) is 91.2 Å². The predicted molar refractivity (Wildman–Crippen MR) is 83.9 cm³/mol. The Morgan fingerprint density at radius 2 is 1.70 bits per heavy atom. The fourth-order valence-corrected chi connectivity index (χ4v) is 2.22. The molecule has 116 valence electrons. The molecule has 0 unspecified atom stereocenters. The van der Waals surface area contributed by atoms with Gasteiger partial charge in [0.25, 0.3) is 0 Å². The molecule has 0 saturated carbocycles. The Kier molecular flexibility index (Phi) is 4.25. The van der Waals surface area contributed by atoms with Crippen molar-refractivity contribution < 1.29 is 14.2 Å². The van der Waals surface area contributed by atoms with Crippen LogP contribution in [0.25, 0.3) is 0 Å². The van der Waals surface area contributed by atoms with Gasteiger partial charge in [-0.3, -0.25) is 0 Å². The number of nitrogens with two attached hydrogens (primary N) is 1. The monoisotopic (exact) mass is 329 g/mol. The standard InChI is InChI=1S/C16H12ClN3O3/c17-12-8-6-11(7-9-12)14(10-4-2-1-3-5-10)22-16(21)13-15(18)20-23-19-13/h1-9,14H,(H2,18,20)/t14-/m0/s1. The Morgan fingerprint density at radius 1 is 1.04 bits per heavy atom. The minimum Gasteiger partial charge on any atom is -0.448 e. The van der Waals surface area contributed by atoms with Gasteiger partial charge in [-0.25, -0.2) is 9.42 Å². The molecule has 7 heteroatoms. The van der Waals surface area contributed by atoms with Crippen LogP contribution in [0.4, 0.5) is 5.82 Å². The lowest BCUT2D eigenvalue weighted by Gasteiger charge is -2.18. The van der Waals surface area contributed by atoms with Crippen molar-refractivity contribution in [2.24, 2.45) is 0 Å². The molecule has 2 aromatic carbocycles. The van der Waals surface area contributed by atoms with Crippen molar-refractivity contribution in [2.45, 2.75) is 6.10 Å². The number of anilines is 1. The van der Waals surface area contributed by atoms with Gasteiger partial charge in [0.2, 0.25) is 11.5 Å². The SMILES string of the molecule is Nc1nonc1C(=O)O[C@@H](c1ccccc1)c1ccc(Cl)cc1. The lowest BCUT2D eigenvalue weighted by Crippen LogP contribution is -2.14. The average Bonchev–Trinajstić information content (AvgIpc) is 3.00. The molecule has 0 saturated heterocycles. The maximum atomic E-state index is 12.3. The van der Waals surface area contributed by atoms with E-state index in [4.69, 9.17) is 22.1 Å². The van der Waals surface area contributed by atoms with Crippen LogP contribution in [0.3, 0.4) is 0 Å². The Labute approximate surface area is 136 Å². The highest BCUT2D eigenvalue weighted by Gasteiger charge is 2.24. The molecule has 0 spiro atoms. The van der Waals surface area contributed by atoms with Crippen molar-refractivity contribution in [1.29, 1.82) is 0 Å². The molecule has 0 bridgehead atoms. The molecule has 3 aromatic rings. The quantitative estimate of drug-likeness (QED) is 0.739. The normalized spacial score (nSPS) is 11.9. The van der Waals surface area contributed by atoms with E-state index in [9.17, 15) is 4.79 Å². The van der Waals surface area contributed by atoms with Crippen molar-refractivity contribution in [3.05, 3.63) is 76.4 Å². The molecule has 0 radical (unpaired) electrons. The summed E-state index contributed by atoms with van der Waals surface area (Å²) in [6.07, 6.45) is -0.628. The first-order valence-corrected chi connectivity index (χ1v) is 7.12. The molecule has 0 fully saturated rings. The van der Waals surface area contributed by atoms with Crippen LogP contribution in [0.15, 0.2) is 59.2 Å². The Bertz CT molecular complexity index is 803. The number of aromatic nitrogens is 2. The number of halogens is 1. The van der Waals surface area contributed by atoms with Gasteiger partial charge in [-0.2, -0.15) is 0 Å². The molecule has 0 aliphatic rings. The molecule has 0 aliphatic carbocycles. The van der Waals surface area contributed by atoms with Crippen molar-refractivity contribution in [2.75, 3.05) is 5.73 Å². The number of rotatable bonds is 4. The first kappa shape index (κ1) is 15.1. The minimum absolute atomic E-state index is 0.113. The number of esters is 1. The van der Waals surface area contributed by atoms with E-state index < -0.39 is 12.1 Å². The van der Waals surface area contributed by atoms with Gasteiger partial charge < -0.3 is 10.5 Å². The van der Waals surface area contributed by atoms with E-state index in [-0.39, 0.29) is 11.5 Å². The fourth-order valence-electron chi connectivity index (χ4n) is 2.09. The highest BCUT2D eigenvalue weighted by Crippen LogP contribution is 2.28. The fraction of sp³-hybridized carbons (Fsp3) is 0.0625. The summed E-state index contributed by atoms with van der Waals surface area (Å²) in [5.41, 5.74) is 6.95. The van der Waals surface area contributed by atoms with Gasteiger partial charge >= 0.3 is 5.97 Å². The number of nitrogen functional groups attached to an aromatic ring is 1. The number of hydrogen-bond donors (Lipinski definition) is 1. The first-order valence-electron chi connectivity index (χ1n) is 6.74. The van der Waals surface area contributed by atoms with Crippen LogP contribution in [-0.2, 0) is 4.74 Å². The summed E-state index contributed by atoms with van der Waals surface area (Å²) in [6.45, 7) is 0. The zero-order valence-electron chi connectivity index (χ0n) is 11.8. The smallest absolute Gasteiger partial charge is 0.365 e. The number of benzene rings is 2. The third-order valence-electron chi connectivity index (χ3n) is 3.21. The van der Waals surface area contributed by atoms with Crippen molar-refractivity contribution in [3.8, 4) is 0 Å². The molecule has 0 aliphatic heterocycles. The van der Waals surface area contributed by atoms with E-state index in [1.807, 2.05) is 30.3 Å². The van der Waals surface area contributed by atoms with E-state index >= 15 is 0 Å². The maximum absolute atomic E-state index is 12.3. The second-order valence-corrected chi connectivity index (χ2v) is 5.18. The van der Waals surface area contributed by atoms with E-state index in [2.05, 4.69) is 14.9 Å². The summed E-state index contributed by atoms with van der Waals surface area (Å²) < 4.78 is 10.00. The first-order chi connectivity index (χ1) is 11.1. The predicted octanol–water partition coefficient (Wildman–Crippen LogP) is 3.25. The van der Waals surface area contributed by atoms with Gasteiger partial charge in [-0.1, -0.05) is 54.1 Å². The van der Waals surface area contributed by atoms with Crippen molar-refractivity contribution in [3.63, 3.8) is 0 Å². The average molecular weight is 330 g/mol. The molecule has 0 amide bonds. The number of ether oxygens (including phenoxy) is 1. The molecule has 6 nitrogen and oxygen atoms in total. The zero-order valence-corrected chi connectivity index (χ0v) is 12.6. The summed E-state index contributed by atoms with van der Waals surface area (Å²) in [5, 5.41) is 7.43. The third kappa shape index (κ3) is 3.32. The molecule has 3 rings (SSSR count). The van der Waals surface area contributed by atoms with Crippen LogP contribution in [0, 0.1) is 0 Å². The summed E-state index contributed by atoms with van der Waals surface area (Å²) >= 11 is 5.92. The van der Waals surface area contributed by atoms with Crippen LogP contribution in [0.5, 0.6) is 0 Å². The second kappa shape index (κ2) is 6.50. The highest BCUT2D eigenvalue weighted by atomic mass is 35.5. The van der Waals surface area contributed by atoms with Gasteiger partial charge in [0.1, 0.15) is 0 Å². The summed E-state index contributed by atoms with van der Waals surface area (Å²) in [5.74, 6) is -0.828. The number of hydrogen-bond acceptors (Lipinski definition) is 6.